The molecule has 1 saturated heterocycles. The van der Waals surface area contributed by atoms with Crippen molar-refractivity contribution in [1.82, 2.24) is 20.4 Å². The first-order valence-corrected chi connectivity index (χ1v) is 9.32. The van der Waals surface area contributed by atoms with Crippen molar-refractivity contribution in [2.75, 3.05) is 45.8 Å². The summed E-state index contributed by atoms with van der Waals surface area (Å²) >= 11 is 0. The van der Waals surface area contributed by atoms with E-state index < -0.39 is 0 Å². The maximum Gasteiger partial charge on any atom is 0.234 e. The second kappa shape index (κ2) is 8.89. The van der Waals surface area contributed by atoms with Crippen LogP contribution in [0, 0.1) is 0 Å². The number of amides is 1. The molecule has 1 aromatic heterocycles. The van der Waals surface area contributed by atoms with Gasteiger partial charge in [0.1, 0.15) is 5.76 Å². The fourth-order valence-corrected chi connectivity index (χ4v) is 2.97. The van der Waals surface area contributed by atoms with Gasteiger partial charge in [-0.3, -0.25) is 14.7 Å². The van der Waals surface area contributed by atoms with Gasteiger partial charge in [0.2, 0.25) is 5.91 Å². The predicted molar refractivity (Wildman–Crippen MR) is 97.6 cm³/mol. The monoisotopic (exact) mass is 347 g/mol. The molecule has 2 N–H and O–H groups in total. The highest BCUT2D eigenvalue weighted by molar-refractivity contribution is 5.80. The van der Waals surface area contributed by atoms with E-state index in [1.807, 2.05) is 12.1 Å². The second-order valence-electron chi connectivity index (χ2n) is 6.67. The third kappa shape index (κ3) is 5.77. The van der Waals surface area contributed by atoms with Crippen LogP contribution in [0.1, 0.15) is 25.5 Å². The number of rotatable bonds is 7. The summed E-state index contributed by atoms with van der Waals surface area (Å²) in [7, 11) is 0. The molecule has 7 heteroatoms. The van der Waals surface area contributed by atoms with Crippen molar-refractivity contribution in [1.29, 1.82) is 0 Å². The highest BCUT2D eigenvalue weighted by Gasteiger charge is 2.25. The third-order valence-corrected chi connectivity index (χ3v) is 4.52. The van der Waals surface area contributed by atoms with Crippen LogP contribution >= 0.6 is 0 Å². The molecule has 25 heavy (non-hydrogen) atoms. The topological polar surface area (TPSA) is 73.1 Å². The summed E-state index contributed by atoms with van der Waals surface area (Å²) in [5, 5.41) is 6.43. The van der Waals surface area contributed by atoms with Gasteiger partial charge in [-0.15, -0.1) is 0 Å². The summed E-state index contributed by atoms with van der Waals surface area (Å²) in [6.45, 7) is 7.72. The van der Waals surface area contributed by atoms with Crippen LogP contribution < -0.4 is 10.6 Å². The molecule has 0 bridgehead atoms. The molecule has 1 aliphatic carbocycles. The van der Waals surface area contributed by atoms with Crippen LogP contribution in [0.4, 0.5) is 0 Å². The van der Waals surface area contributed by atoms with Gasteiger partial charge in [-0.2, -0.15) is 0 Å². The minimum atomic E-state index is 0.162. The van der Waals surface area contributed by atoms with E-state index >= 15 is 0 Å². The number of guanidine groups is 1. The highest BCUT2D eigenvalue weighted by atomic mass is 16.3. The minimum Gasteiger partial charge on any atom is -0.469 e. The molecule has 2 fully saturated rings. The van der Waals surface area contributed by atoms with E-state index in [9.17, 15) is 4.79 Å². The lowest BCUT2D eigenvalue weighted by atomic mass is 10.3. The molecule has 3 rings (SSSR count). The Morgan fingerprint density at radius 1 is 1.32 bits per heavy atom. The Morgan fingerprint density at radius 2 is 2.12 bits per heavy atom. The maximum atomic E-state index is 11.9. The largest absolute Gasteiger partial charge is 0.469 e. The number of nitrogens with zero attached hydrogens (tertiary/aromatic N) is 3. The number of carbonyl (C=O) groups excluding carboxylic acids is 1. The first kappa shape index (κ1) is 17.8. The van der Waals surface area contributed by atoms with Crippen molar-refractivity contribution in [3.63, 3.8) is 0 Å². The molecule has 7 nitrogen and oxygen atoms in total. The molecule has 2 aliphatic rings. The molecular weight excluding hydrogens is 318 g/mol. The van der Waals surface area contributed by atoms with Crippen molar-refractivity contribution in [3.05, 3.63) is 24.2 Å². The van der Waals surface area contributed by atoms with Gasteiger partial charge in [0.05, 0.1) is 12.8 Å². The van der Waals surface area contributed by atoms with Crippen molar-refractivity contribution in [2.45, 2.75) is 32.2 Å². The second-order valence-corrected chi connectivity index (χ2v) is 6.67. The first-order chi connectivity index (χ1) is 12.2. The minimum absolute atomic E-state index is 0.162. The molecule has 1 aliphatic heterocycles. The van der Waals surface area contributed by atoms with Gasteiger partial charge in [-0.05, 0) is 31.9 Å². The Bertz CT molecular complexity index is 560. The van der Waals surface area contributed by atoms with Gasteiger partial charge in [-0.1, -0.05) is 0 Å². The number of piperazine rings is 1. The lowest BCUT2D eigenvalue weighted by Crippen LogP contribution is -2.54. The average Bonchev–Trinajstić information content (AvgIpc) is 3.26. The summed E-state index contributed by atoms with van der Waals surface area (Å²) < 4.78 is 5.36. The lowest BCUT2D eigenvalue weighted by molar-refractivity contribution is -0.122. The van der Waals surface area contributed by atoms with Gasteiger partial charge in [0.15, 0.2) is 5.96 Å². The number of hydrogen-bond acceptors (Lipinski definition) is 4. The van der Waals surface area contributed by atoms with E-state index in [2.05, 4.69) is 27.4 Å². The van der Waals surface area contributed by atoms with Crippen molar-refractivity contribution in [2.24, 2.45) is 4.99 Å². The normalized spacial score (nSPS) is 19.1. The summed E-state index contributed by atoms with van der Waals surface area (Å²) in [6, 6.07) is 4.33. The average molecular weight is 347 g/mol. The molecular formula is C18H29N5O2. The SMILES string of the molecule is CCNC(=NCCc1ccco1)N1CCN(CC(=O)NC2CC2)CC1. The summed E-state index contributed by atoms with van der Waals surface area (Å²) in [4.78, 5) is 21.1. The van der Waals surface area contributed by atoms with Crippen molar-refractivity contribution >= 4 is 11.9 Å². The standard InChI is InChI=1S/C18H29N5O2/c1-2-19-18(20-8-7-16-4-3-13-25-16)23-11-9-22(10-12-23)14-17(24)21-15-5-6-15/h3-4,13,15H,2,5-12,14H2,1H3,(H,19,20)(H,21,24). The molecule has 1 saturated carbocycles. The van der Waals surface area contributed by atoms with Crippen LogP contribution in [0.5, 0.6) is 0 Å². The van der Waals surface area contributed by atoms with Crippen molar-refractivity contribution in [3.8, 4) is 0 Å². The molecule has 1 aromatic rings. The Labute approximate surface area is 149 Å². The zero-order valence-corrected chi connectivity index (χ0v) is 15.0. The number of furan rings is 1. The van der Waals surface area contributed by atoms with Gasteiger partial charge >= 0.3 is 0 Å². The van der Waals surface area contributed by atoms with Crippen LogP contribution in [0.2, 0.25) is 0 Å². The van der Waals surface area contributed by atoms with Gasteiger partial charge in [0.25, 0.3) is 0 Å². The number of aliphatic imine (C=N–C) groups is 1. The molecule has 0 aromatic carbocycles. The fraction of sp³-hybridized carbons (Fsp3) is 0.667. The van der Waals surface area contributed by atoms with Gasteiger partial charge in [-0.25, -0.2) is 0 Å². The quantitative estimate of drug-likeness (QED) is 0.561. The fourth-order valence-electron chi connectivity index (χ4n) is 2.97. The molecule has 2 heterocycles. The molecule has 0 atom stereocenters. The predicted octanol–water partition coefficient (Wildman–Crippen LogP) is 0.684. The van der Waals surface area contributed by atoms with E-state index in [4.69, 9.17) is 9.41 Å². The zero-order chi connectivity index (χ0) is 17.5. The molecule has 138 valence electrons. The van der Waals surface area contributed by atoms with E-state index in [-0.39, 0.29) is 5.91 Å². The van der Waals surface area contributed by atoms with Crippen LogP contribution in [0.25, 0.3) is 0 Å². The summed E-state index contributed by atoms with van der Waals surface area (Å²) in [5.41, 5.74) is 0. The van der Waals surface area contributed by atoms with E-state index in [0.717, 1.165) is 63.7 Å². The molecule has 1 amide bonds. The Balaban J connectivity index is 1.43. The first-order valence-electron chi connectivity index (χ1n) is 9.32. The summed E-state index contributed by atoms with van der Waals surface area (Å²) in [5.74, 6) is 2.08. The number of hydrogen-bond donors (Lipinski definition) is 2. The Morgan fingerprint density at radius 3 is 2.76 bits per heavy atom. The maximum absolute atomic E-state index is 11.9. The molecule has 0 unspecified atom stereocenters. The smallest absolute Gasteiger partial charge is 0.234 e. The number of carbonyl (C=O) groups is 1. The van der Waals surface area contributed by atoms with Crippen LogP contribution in [0.3, 0.4) is 0 Å². The Hall–Kier alpha value is -2.02. The Kier molecular flexibility index (Phi) is 6.33. The number of nitrogens with one attached hydrogen (secondary N) is 2. The molecule has 0 radical (unpaired) electrons. The van der Waals surface area contributed by atoms with Gasteiger partial charge in [0, 0.05) is 51.7 Å². The lowest BCUT2D eigenvalue weighted by Gasteiger charge is -2.36. The van der Waals surface area contributed by atoms with Gasteiger partial charge < -0.3 is 20.0 Å². The highest BCUT2D eigenvalue weighted by Crippen LogP contribution is 2.18. The van der Waals surface area contributed by atoms with E-state index in [1.165, 1.54) is 0 Å². The zero-order valence-electron chi connectivity index (χ0n) is 15.0. The van der Waals surface area contributed by atoms with Crippen LogP contribution in [0.15, 0.2) is 27.8 Å². The summed E-state index contributed by atoms with van der Waals surface area (Å²) in [6.07, 6.45) is 4.78. The van der Waals surface area contributed by atoms with Crippen LogP contribution in [-0.4, -0.2) is 73.5 Å². The van der Waals surface area contributed by atoms with Crippen molar-refractivity contribution < 1.29 is 9.21 Å². The third-order valence-electron chi connectivity index (χ3n) is 4.52. The van der Waals surface area contributed by atoms with E-state index in [0.29, 0.717) is 19.1 Å². The molecule has 0 spiro atoms. The van der Waals surface area contributed by atoms with Crippen LogP contribution in [-0.2, 0) is 11.2 Å². The van der Waals surface area contributed by atoms with E-state index in [1.54, 1.807) is 6.26 Å².